The molecule has 112 valence electrons. The first-order valence-corrected chi connectivity index (χ1v) is 6.54. The lowest BCUT2D eigenvalue weighted by molar-refractivity contribution is 0.0696. The summed E-state index contributed by atoms with van der Waals surface area (Å²) in [6.07, 6.45) is 0. The summed E-state index contributed by atoms with van der Waals surface area (Å²) >= 11 is 6.13. The average molecular weight is 311 g/mol. The van der Waals surface area contributed by atoms with E-state index in [0.717, 1.165) is 11.3 Å². The Morgan fingerprint density at radius 2 is 2.14 bits per heavy atom. The number of aromatic carboxylic acids is 1. The Morgan fingerprint density at radius 1 is 1.43 bits per heavy atom. The van der Waals surface area contributed by atoms with Gasteiger partial charge in [0.05, 0.1) is 18.4 Å². The van der Waals surface area contributed by atoms with Crippen molar-refractivity contribution in [2.75, 3.05) is 7.11 Å². The van der Waals surface area contributed by atoms with E-state index in [1.54, 1.807) is 17.8 Å². The third-order valence-corrected chi connectivity index (χ3v) is 3.53. The van der Waals surface area contributed by atoms with Gasteiger partial charge in [-0.2, -0.15) is 5.10 Å². The molecule has 0 fully saturated rings. The zero-order valence-corrected chi connectivity index (χ0v) is 12.6. The number of ether oxygens (including phenoxy) is 2. The predicted octanol–water partition coefficient (Wildman–Crippen LogP) is 2.67. The van der Waals surface area contributed by atoms with E-state index in [1.807, 2.05) is 6.92 Å². The number of rotatable bonds is 5. The number of carboxylic acids is 1. The van der Waals surface area contributed by atoms with E-state index in [4.69, 9.17) is 26.2 Å². The quantitative estimate of drug-likeness (QED) is 0.919. The maximum atomic E-state index is 10.9. The van der Waals surface area contributed by atoms with Gasteiger partial charge in [0, 0.05) is 12.6 Å². The number of carboxylic acid groups (broad SMARTS) is 1. The zero-order chi connectivity index (χ0) is 15.6. The minimum absolute atomic E-state index is 0.134. The van der Waals surface area contributed by atoms with Gasteiger partial charge in [0.2, 0.25) is 0 Å². The molecule has 0 bridgehead atoms. The number of hydrogen-bond acceptors (Lipinski definition) is 4. The van der Waals surface area contributed by atoms with Crippen LogP contribution < -0.4 is 9.47 Å². The molecule has 0 amide bonds. The number of aromatic nitrogens is 2. The van der Waals surface area contributed by atoms with Crippen molar-refractivity contribution >= 4 is 17.6 Å². The zero-order valence-electron chi connectivity index (χ0n) is 11.9. The van der Waals surface area contributed by atoms with Crippen molar-refractivity contribution in [2.45, 2.75) is 13.5 Å². The molecule has 1 aromatic carbocycles. The summed E-state index contributed by atoms with van der Waals surface area (Å²) in [6.45, 7) is 2.07. The van der Waals surface area contributed by atoms with Crippen LogP contribution in [0.25, 0.3) is 0 Å². The van der Waals surface area contributed by atoms with E-state index >= 15 is 0 Å². The van der Waals surface area contributed by atoms with Crippen LogP contribution in [0.5, 0.6) is 11.5 Å². The van der Waals surface area contributed by atoms with Crippen LogP contribution in [0.2, 0.25) is 5.15 Å². The molecule has 7 heteroatoms. The number of hydrogen-bond donors (Lipinski definition) is 1. The Morgan fingerprint density at radius 3 is 2.67 bits per heavy atom. The van der Waals surface area contributed by atoms with Crippen LogP contribution in [-0.2, 0) is 13.7 Å². The summed E-state index contributed by atoms with van der Waals surface area (Å²) in [4.78, 5) is 10.9. The molecule has 0 saturated carbocycles. The molecule has 0 aliphatic carbocycles. The first kappa shape index (κ1) is 15.2. The fourth-order valence-electron chi connectivity index (χ4n) is 1.91. The first-order valence-electron chi connectivity index (χ1n) is 6.16. The standard InChI is InChI=1S/C14H15ClN2O4/c1-8-10(13(15)17(2)16-8)7-21-11-5-4-9(14(18)19)6-12(11)20-3/h4-6H,7H2,1-3H3,(H,18,19). The molecule has 2 aromatic rings. The highest BCUT2D eigenvalue weighted by Gasteiger charge is 2.14. The minimum Gasteiger partial charge on any atom is -0.493 e. The van der Waals surface area contributed by atoms with E-state index in [0.29, 0.717) is 16.7 Å². The molecular weight excluding hydrogens is 296 g/mol. The highest BCUT2D eigenvalue weighted by molar-refractivity contribution is 6.30. The minimum atomic E-state index is -1.02. The Balaban J connectivity index is 2.22. The highest BCUT2D eigenvalue weighted by Crippen LogP contribution is 2.30. The molecule has 0 unspecified atom stereocenters. The number of aryl methyl sites for hydroxylation is 2. The summed E-state index contributed by atoms with van der Waals surface area (Å²) in [7, 11) is 3.21. The molecule has 0 spiro atoms. The van der Waals surface area contributed by atoms with Crippen molar-refractivity contribution < 1.29 is 19.4 Å². The van der Waals surface area contributed by atoms with Crippen molar-refractivity contribution in [2.24, 2.45) is 7.05 Å². The van der Waals surface area contributed by atoms with E-state index in [9.17, 15) is 4.79 Å². The van der Waals surface area contributed by atoms with Crippen molar-refractivity contribution in [1.82, 2.24) is 9.78 Å². The van der Waals surface area contributed by atoms with Crippen molar-refractivity contribution in [3.63, 3.8) is 0 Å². The van der Waals surface area contributed by atoms with E-state index in [-0.39, 0.29) is 12.2 Å². The maximum absolute atomic E-state index is 10.9. The normalized spacial score (nSPS) is 10.5. The number of halogens is 1. The van der Waals surface area contributed by atoms with Crippen molar-refractivity contribution in [3.05, 3.63) is 40.2 Å². The van der Waals surface area contributed by atoms with Crippen molar-refractivity contribution in [1.29, 1.82) is 0 Å². The largest absolute Gasteiger partial charge is 0.493 e. The van der Waals surface area contributed by atoms with Crippen LogP contribution in [0.3, 0.4) is 0 Å². The lowest BCUT2D eigenvalue weighted by atomic mass is 10.2. The topological polar surface area (TPSA) is 73.6 Å². The lowest BCUT2D eigenvalue weighted by Gasteiger charge is -2.11. The third-order valence-electron chi connectivity index (χ3n) is 3.05. The van der Waals surface area contributed by atoms with Crippen LogP contribution in [0.15, 0.2) is 18.2 Å². The molecule has 21 heavy (non-hydrogen) atoms. The fourth-order valence-corrected chi connectivity index (χ4v) is 2.14. The molecule has 0 radical (unpaired) electrons. The molecule has 1 aromatic heterocycles. The summed E-state index contributed by atoms with van der Waals surface area (Å²) in [5.41, 5.74) is 1.70. The number of benzene rings is 1. The van der Waals surface area contributed by atoms with Crippen LogP contribution in [-0.4, -0.2) is 28.0 Å². The Bertz CT molecular complexity index is 682. The second kappa shape index (κ2) is 6.05. The molecule has 1 heterocycles. The summed E-state index contributed by atoms with van der Waals surface area (Å²) in [6, 6.07) is 4.43. The second-order valence-electron chi connectivity index (χ2n) is 4.44. The second-order valence-corrected chi connectivity index (χ2v) is 4.80. The molecule has 0 aliphatic rings. The third kappa shape index (κ3) is 3.11. The van der Waals surface area contributed by atoms with Crippen LogP contribution >= 0.6 is 11.6 Å². The first-order chi connectivity index (χ1) is 9.93. The van der Waals surface area contributed by atoms with E-state index in [2.05, 4.69) is 5.10 Å². The van der Waals surface area contributed by atoms with E-state index in [1.165, 1.54) is 19.2 Å². The molecular formula is C14H15ClN2O4. The van der Waals surface area contributed by atoms with Gasteiger partial charge in [-0.25, -0.2) is 4.79 Å². The van der Waals surface area contributed by atoms with Crippen LogP contribution in [0.1, 0.15) is 21.6 Å². The van der Waals surface area contributed by atoms with Crippen molar-refractivity contribution in [3.8, 4) is 11.5 Å². The maximum Gasteiger partial charge on any atom is 0.335 e. The molecule has 0 atom stereocenters. The van der Waals surface area contributed by atoms with Crippen LogP contribution in [0, 0.1) is 6.92 Å². The number of nitrogens with zero attached hydrogens (tertiary/aromatic N) is 2. The fraction of sp³-hybridized carbons (Fsp3) is 0.286. The summed E-state index contributed by atoms with van der Waals surface area (Å²) in [5, 5.41) is 13.7. The molecule has 0 saturated heterocycles. The molecule has 0 aliphatic heterocycles. The lowest BCUT2D eigenvalue weighted by Crippen LogP contribution is -2.01. The molecule has 2 rings (SSSR count). The summed E-state index contributed by atoms with van der Waals surface area (Å²) < 4.78 is 12.4. The van der Waals surface area contributed by atoms with Gasteiger partial charge < -0.3 is 14.6 Å². The van der Waals surface area contributed by atoms with Gasteiger partial charge in [0.1, 0.15) is 11.8 Å². The SMILES string of the molecule is COc1cc(C(=O)O)ccc1OCc1c(C)nn(C)c1Cl. The Labute approximate surface area is 126 Å². The van der Waals surface area contributed by atoms with E-state index < -0.39 is 5.97 Å². The molecule has 6 nitrogen and oxygen atoms in total. The molecule has 1 N–H and O–H groups in total. The number of carbonyl (C=O) groups is 1. The monoisotopic (exact) mass is 310 g/mol. The van der Waals surface area contributed by atoms with Gasteiger partial charge in [-0.05, 0) is 25.1 Å². The Hall–Kier alpha value is -2.21. The van der Waals surface area contributed by atoms with Gasteiger partial charge in [-0.3, -0.25) is 4.68 Å². The van der Waals surface area contributed by atoms with Gasteiger partial charge in [-0.15, -0.1) is 0 Å². The smallest absolute Gasteiger partial charge is 0.335 e. The van der Waals surface area contributed by atoms with Gasteiger partial charge in [0.25, 0.3) is 0 Å². The van der Waals surface area contributed by atoms with Gasteiger partial charge in [0.15, 0.2) is 11.5 Å². The predicted molar refractivity (Wildman–Crippen MR) is 77.2 cm³/mol. The highest BCUT2D eigenvalue weighted by atomic mass is 35.5. The number of methoxy groups -OCH3 is 1. The average Bonchev–Trinajstić information content (AvgIpc) is 2.70. The Kier molecular flexibility index (Phi) is 4.37. The van der Waals surface area contributed by atoms with Crippen LogP contribution in [0.4, 0.5) is 0 Å². The van der Waals surface area contributed by atoms with Gasteiger partial charge >= 0.3 is 5.97 Å². The summed E-state index contributed by atoms with van der Waals surface area (Å²) in [5.74, 6) is -0.222. The van der Waals surface area contributed by atoms with Gasteiger partial charge in [-0.1, -0.05) is 11.6 Å².